The van der Waals surface area contributed by atoms with Crippen molar-refractivity contribution < 1.29 is 15.0 Å². The van der Waals surface area contributed by atoms with Gasteiger partial charge in [-0.2, -0.15) is 0 Å². The molecule has 0 atom stereocenters. The van der Waals surface area contributed by atoms with Crippen LogP contribution < -0.4 is 0 Å². The summed E-state index contributed by atoms with van der Waals surface area (Å²) in [5, 5.41) is 17.7. The molecule has 0 fully saturated rings. The van der Waals surface area contributed by atoms with Crippen molar-refractivity contribution in [3.63, 3.8) is 0 Å². The van der Waals surface area contributed by atoms with Gasteiger partial charge in [0.05, 0.1) is 24.1 Å². The molecule has 0 aliphatic carbocycles. The summed E-state index contributed by atoms with van der Waals surface area (Å²) in [4.78, 5) is 14.7. The monoisotopic (exact) mass is 192 g/mol. The number of aromatic nitrogens is 2. The van der Waals surface area contributed by atoms with Crippen LogP contribution >= 0.6 is 0 Å². The first-order valence-corrected chi connectivity index (χ1v) is 4.02. The fourth-order valence-corrected chi connectivity index (χ4v) is 1.27. The van der Waals surface area contributed by atoms with E-state index in [4.69, 9.17) is 10.2 Å². The zero-order valence-corrected chi connectivity index (χ0v) is 7.21. The van der Waals surface area contributed by atoms with Gasteiger partial charge in [0.2, 0.25) is 0 Å². The Kier molecular flexibility index (Phi) is 1.94. The van der Waals surface area contributed by atoms with E-state index in [9.17, 15) is 4.79 Å². The lowest BCUT2D eigenvalue weighted by Crippen LogP contribution is -2.00. The Balaban J connectivity index is 2.67. The van der Waals surface area contributed by atoms with Gasteiger partial charge >= 0.3 is 5.97 Å². The molecule has 0 aromatic carbocycles. The Morgan fingerprint density at radius 2 is 2.29 bits per heavy atom. The number of aliphatic hydroxyl groups is 1. The van der Waals surface area contributed by atoms with Gasteiger partial charge in [0.25, 0.3) is 0 Å². The molecule has 2 rings (SSSR count). The Morgan fingerprint density at radius 1 is 1.50 bits per heavy atom. The van der Waals surface area contributed by atoms with Gasteiger partial charge in [0.1, 0.15) is 5.65 Å². The summed E-state index contributed by atoms with van der Waals surface area (Å²) < 4.78 is 1.56. The number of carbonyl (C=O) groups is 1. The predicted octanol–water partition coefficient (Wildman–Crippen LogP) is 0.525. The van der Waals surface area contributed by atoms with Crippen molar-refractivity contribution in [3.05, 3.63) is 35.8 Å². The first kappa shape index (κ1) is 8.71. The standard InChI is InChI=1S/C9H8N2O3/c12-5-7-3-10-8-2-1-6(9(13)14)4-11(7)8/h1-4,12H,5H2,(H,13,14). The summed E-state index contributed by atoms with van der Waals surface area (Å²) in [7, 11) is 0. The third-order valence-electron chi connectivity index (χ3n) is 1.99. The summed E-state index contributed by atoms with van der Waals surface area (Å²) in [5.74, 6) is -0.996. The maximum atomic E-state index is 10.7. The maximum Gasteiger partial charge on any atom is 0.337 e. The number of hydrogen-bond acceptors (Lipinski definition) is 3. The molecule has 0 bridgehead atoms. The second-order valence-corrected chi connectivity index (χ2v) is 2.86. The van der Waals surface area contributed by atoms with Gasteiger partial charge in [0.15, 0.2) is 0 Å². The normalized spacial score (nSPS) is 10.6. The molecule has 2 N–H and O–H groups in total. The molecule has 0 saturated carbocycles. The molecule has 0 radical (unpaired) electrons. The molecule has 72 valence electrons. The average molecular weight is 192 g/mol. The molecule has 0 saturated heterocycles. The lowest BCUT2D eigenvalue weighted by atomic mass is 10.3. The maximum absolute atomic E-state index is 10.7. The second kappa shape index (κ2) is 3.12. The van der Waals surface area contributed by atoms with Gasteiger partial charge < -0.3 is 14.6 Å². The zero-order chi connectivity index (χ0) is 10.1. The second-order valence-electron chi connectivity index (χ2n) is 2.86. The van der Waals surface area contributed by atoms with E-state index in [1.165, 1.54) is 18.5 Å². The SMILES string of the molecule is O=C(O)c1ccc2ncc(CO)n2c1. The van der Waals surface area contributed by atoms with Crippen molar-refractivity contribution in [2.75, 3.05) is 0 Å². The van der Waals surface area contributed by atoms with Crippen molar-refractivity contribution in [2.45, 2.75) is 6.61 Å². The molecule has 0 aliphatic rings. The van der Waals surface area contributed by atoms with Crippen LogP contribution in [0.3, 0.4) is 0 Å². The van der Waals surface area contributed by atoms with E-state index in [2.05, 4.69) is 4.98 Å². The zero-order valence-electron chi connectivity index (χ0n) is 7.21. The number of imidazole rings is 1. The molecule has 0 unspecified atom stereocenters. The number of fused-ring (bicyclic) bond motifs is 1. The molecule has 14 heavy (non-hydrogen) atoms. The number of nitrogens with zero attached hydrogens (tertiary/aromatic N) is 2. The highest BCUT2D eigenvalue weighted by molar-refractivity contribution is 5.87. The Bertz CT molecular complexity index is 490. The van der Waals surface area contributed by atoms with Crippen LogP contribution in [0.1, 0.15) is 16.1 Å². The Hall–Kier alpha value is -1.88. The molecule has 5 heteroatoms. The molecule has 2 aromatic heterocycles. The lowest BCUT2D eigenvalue weighted by molar-refractivity contribution is 0.0696. The molecular weight excluding hydrogens is 184 g/mol. The number of rotatable bonds is 2. The van der Waals surface area contributed by atoms with E-state index in [0.717, 1.165) is 0 Å². The van der Waals surface area contributed by atoms with Crippen LogP contribution in [0.25, 0.3) is 5.65 Å². The average Bonchev–Trinajstić information content (AvgIpc) is 2.59. The van der Waals surface area contributed by atoms with Crippen molar-refractivity contribution >= 4 is 11.6 Å². The predicted molar refractivity (Wildman–Crippen MR) is 48.1 cm³/mol. The minimum Gasteiger partial charge on any atom is -0.478 e. The van der Waals surface area contributed by atoms with Crippen LogP contribution in [0.5, 0.6) is 0 Å². The van der Waals surface area contributed by atoms with E-state index in [1.54, 1.807) is 10.5 Å². The van der Waals surface area contributed by atoms with Crippen molar-refractivity contribution in [1.82, 2.24) is 9.38 Å². The summed E-state index contributed by atoms with van der Waals surface area (Å²) in [6.07, 6.45) is 2.96. The molecule has 2 heterocycles. The van der Waals surface area contributed by atoms with E-state index in [-0.39, 0.29) is 12.2 Å². The van der Waals surface area contributed by atoms with Crippen LogP contribution in [0.4, 0.5) is 0 Å². The largest absolute Gasteiger partial charge is 0.478 e. The molecule has 2 aromatic rings. The quantitative estimate of drug-likeness (QED) is 0.727. The number of aliphatic hydroxyl groups excluding tert-OH is 1. The van der Waals surface area contributed by atoms with Gasteiger partial charge in [-0.15, -0.1) is 0 Å². The van der Waals surface area contributed by atoms with E-state index in [0.29, 0.717) is 11.3 Å². The number of carboxylic acid groups (broad SMARTS) is 1. The Morgan fingerprint density at radius 3 is 2.93 bits per heavy atom. The highest BCUT2D eigenvalue weighted by Gasteiger charge is 2.06. The van der Waals surface area contributed by atoms with Gasteiger partial charge in [-0.3, -0.25) is 0 Å². The van der Waals surface area contributed by atoms with E-state index in [1.807, 2.05) is 0 Å². The third-order valence-corrected chi connectivity index (χ3v) is 1.99. The topological polar surface area (TPSA) is 74.8 Å². The Labute approximate surface area is 79.2 Å². The van der Waals surface area contributed by atoms with Crippen molar-refractivity contribution in [1.29, 1.82) is 0 Å². The van der Waals surface area contributed by atoms with Gasteiger partial charge in [-0.1, -0.05) is 0 Å². The van der Waals surface area contributed by atoms with Crippen molar-refractivity contribution in [2.24, 2.45) is 0 Å². The van der Waals surface area contributed by atoms with Crippen LogP contribution in [0, 0.1) is 0 Å². The molecular formula is C9H8N2O3. The summed E-state index contributed by atoms with van der Waals surface area (Å²) in [6, 6.07) is 3.08. The fourth-order valence-electron chi connectivity index (χ4n) is 1.27. The summed E-state index contributed by atoms with van der Waals surface area (Å²) >= 11 is 0. The minimum atomic E-state index is -0.996. The molecule has 0 spiro atoms. The molecule has 5 nitrogen and oxygen atoms in total. The van der Waals surface area contributed by atoms with Gasteiger partial charge in [-0.25, -0.2) is 9.78 Å². The van der Waals surface area contributed by atoms with E-state index >= 15 is 0 Å². The van der Waals surface area contributed by atoms with Crippen LogP contribution in [0.15, 0.2) is 24.5 Å². The smallest absolute Gasteiger partial charge is 0.337 e. The van der Waals surface area contributed by atoms with Gasteiger partial charge in [0, 0.05) is 6.20 Å². The fraction of sp³-hybridized carbons (Fsp3) is 0.111. The van der Waals surface area contributed by atoms with Gasteiger partial charge in [-0.05, 0) is 12.1 Å². The molecule has 0 aliphatic heterocycles. The highest BCUT2D eigenvalue weighted by Crippen LogP contribution is 2.09. The number of pyridine rings is 1. The number of carboxylic acids is 1. The minimum absolute atomic E-state index is 0.162. The highest BCUT2D eigenvalue weighted by atomic mass is 16.4. The number of hydrogen-bond donors (Lipinski definition) is 2. The lowest BCUT2D eigenvalue weighted by Gasteiger charge is -1.99. The van der Waals surface area contributed by atoms with E-state index < -0.39 is 5.97 Å². The first-order chi connectivity index (χ1) is 6.72. The first-order valence-electron chi connectivity index (χ1n) is 4.02. The molecule has 0 amide bonds. The van der Waals surface area contributed by atoms with Crippen LogP contribution in [-0.4, -0.2) is 25.6 Å². The third kappa shape index (κ3) is 1.23. The van der Waals surface area contributed by atoms with Crippen molar-refractivity contribution in [3.8, 4) is 0 Å². The van der Waals surface area contributed by atoms with Crippen LogP contribution in [-0.2, 0) is 6.61 Å². The number of aromatic carboxylic acids is 1. The van der Waals surface area contributed by atoms with Crippen LogP contribution in [0.2, 0.25) is 0 Å². The summed E-state index contributed by atoms with van der Waals surface area (Å²) in [6.45, 7) is -0.162. The summed E-state index contributed by atoms with van der Waals surface area (Å²) in [5.41, 5.74) is 1.37.